The number of aryl methyl sites for hydroxylation is 2. The van der Waals surface area contributed by atoms with Gasteiger partial charge in [-0.3, -0.25) is 9.36 Å². The molecular weight excluding hydrogens is 402 g/mol. The normalized spacial score (nSPS) is 15.4. The predicted molar refractivity (Wildman–Crippen MR) is 114 cm³/mol. The van der Waals surface area contributed by atoms with E-state index in [9.17, 15) is 4.79 Å². The van der Waals surface area contributed by atoms with Crippen molar-refractivity contribution in [1.82, 2.24) is 14.9 Å². The van der Waals surface area contributed by atoms with Crippen molar-refractivity contribution in [3.05, 3.63) is 62.5 Å². The molecule has 0 saturated carbocycles. The highest BCUT2D eigenvalue weighted by atomic mass is 79.9. The Morgan fingerprint density at radius 1 is 1.22 bits per heavy atom. The molecule has 1 aromatic carbocycles. The fourth-order valence-corrected chi connectivity index (χ4v) is 4.57. The average Bonchev–Trinajstić information content (AvgIpc) is 2.67. The second kappa shape index (κ2) is 7.56. The van der Waals surface area contributed by atoms with Crippen molar-refractivity contribution < 1.29 is 0 Å². The Morgan fingerprint density at radius 3 is 2.70 bits per heavy atom. The highest BCUT2D eigenvalue weighted by Crippen LogP contribution is 2.37. The van der Waals surface area contributed by atoms with Gasteiger partial charge < -0.3 is 5.32 Å². The van der Waals surface area contributed by atoms with Crippen LogP contribution in [0.2, 0.25) is 0 Å². The lowest BCUT2D eigenvalue weighted by molar-refractivity contribution is 0.456. The SMILES string of the molecule is CCn1c(=O)c(C2CCNCC2)c(-c2cccc(Br)c2)c2ccc(C)nc21. The molecule has 1 N–H and O–H groups in total. The number of aromatic nitrogens is 2. The average molecular weight is 426 g/mol. The van der Waals surface area contributed by atoms with Crippen LogP contribution >= 0.6 is 15.9 Å². The first-order valence-corrected chi connectivity index (χ1v) is 10.4. The highest BCUT2D eigenvalue weighted by molar-refractivity contribution is 9.10. The molecule has 1 fully saturated rings. The maximum Gasteiger partial charge on any atom is 0.256 e. The molecule has 0 atom stereocenters. The summed E-state index contributed by atoms with van der Waals surface area (Å²) in [6, 6.07) is 12.4. The molecule has 3 heterocycles. The van der Waals surface area contributed by atoms with Crippen molar-refractivity contribution in [2.45, 2.75) is 39.2 Å². The molecule has 3 aromatic rings. The summed E-state index contributed by atoms with van der Waals surface area (Å²) >= 11 is 3.59. The van der Waals surface area contributed by atoms with Crippen LogP contribution in [0.15, 0.2) is 45.7 Å². The molecule has 0 aliphatic carbocycles. The van der Waals surface area contributed by atoms with Crippen molar-refractivity contribution in [3.8, 4) is 11.1 Å². The van der Waals surface area contributed by atoms with Crippen LogP contribution in [0, 0.1) is 6.92 Å². The Labute approximate surface area is 167 Å². The third-order valence-electron chi connectivity index (χ3n) is 5.46. The largest absolute Gasteiger partial charge is 0.317 e. The number of pyridine rings is 2. The molecule has 0 amide bonds. The van der Waals surface area contributed by atoms with Gasteiger partial charge >= 0.3 is 0 Å². The molecule has 2 aromatic heterocycles. The number of nitrogens with zero attached hydrogens (tertiary/aromatic N) is 2. The van der Waals surface area contributed by atoms with Crippen LogP contribution in [0.5, 0.6) is 0 Å². The molecule has 0 radical (unpaired) electrons. The van der Waals surface area contributed by atoms with Gasteiger partial charge in [-0.25, -0.2) is 4.98 Å². The fourth-order valence-electron chi connectivity index (χ4n) is 4.18. The van der Waals surface area contributed by atoms with E-state index in [1.807, 2.05) is 36.6 Å². The number of hydrogen-bond donors (Lipinski definition) is 1. The lowest BCUT2D eigenvalue weighted by Crippen LogP contribution is -2.33. The van der Waals surface area contributed by atoms with Crippen molar-refractivity contribution in [2.75, 3.05) is 13.1 Å². The van der Waals surface area contributed by atoms with Gasteiger partial charge in [0.2, 0.25) is 0 Å². The van der Waals surface area contributed by atoms with Gasteiger partial charge in [-0.05, 0) is 75.5 Å². The van der Waals surface area contributed by atoms with E-state index in [4.69, 9.17) is 4.98 Å². The summed E-state index contributed by atoms with van der Waals surface area (Å²) < 4.78 is 2.87. The third kappa shape index (κ3) is 3.34. The minimum Gasteiger partial charge on any atom is -0.317 e. The van der Waals surface area contributed by atoms with Crippen LogP contribution in [0.25, 0.3) is 22.2 Å². The van der Waals surface area contributed by atoms with Gasteiger partial charge in [0.15, 0.2) is 0 Å². The van der Waals surface area contributed by atoms with Crippen LogP contribution in [-0.2, 0) is 6.54 Å². The lowest BCUT2D eigenvalue weighted by Gasteiger charge is -2.26. The van der Waals surface area contributed by atoms with Crippen molar-refractivity contribution in [2.24, 2.45) is 0 Å². The van der Waals surface area contributed by atoms with Gasteiger partial charge in [0.1, 0.15) is 5.65 Å². The van der Waals surface area contributed by atoms with Crippen LogP contribution in [0.1, 0.15) is 36.9 Å². The van der Waals surface area contributed by atoms with E-state index in [0.717, 1.165) is 63.8 Å². The summed E-state index contributed by atoms with van der Waals surface area (Å²) in [6.07, 6.45) is 1.98. The predicted octanol–water partition coefficient (Wildman–Crippen LogP) is 4.62. The van der Waals surface area contributed by atoms with Crippen molar-refractivity contribution in [1.29, 1.82) is 0 Å². The van der Waals surface area contributed by atoms with Crippen LogP contribution in [0.4, 0.5) is 0 Å². The summed E-state index contributed by atoms with van der Waals surface area (Å²) in [5, 5.41) is 4.48. The van der Waals surface area contributed by atoms with Crippen molar-refractivity contribution in [3.63, 3.8) is 0 Å². The standard InChI is InChI=1S/C22H24BrN3O/c1-3-26-21-18(8-7-14(2)25-21)19(16-5-4-6-17(23)13-16)20(22(26)27)15-9-11-24-12-10-15/h4-8,13,15,24H,3,9-12H2,1-2H3. The number of nitrogens with one attached hydrogen (secondary N) is 1. The Kier molecular flexibility index (Phi) is 5.15. The van der Waals surface area contributed by atoms with Crippen LogP contribution < -0.4 is 10.9 Å². The molecule has 5 heteroatoms. The third-order valence-corrected chi connectivity index (χ3v) is 5.95. The zero-order valence-corrected chi connectivity index (χ0v) is 17.3. The molecule has 1 aliphatic rings. The fraction of sp³-hybridized carbons (Fsp3) is 0.364. The summed E-state index contributed by atoms with van der Waals surface area (Å²) in [5.41, 5.74) is 4.92. The Morgan fingerprint density at radius 2 is 2.00 bits per heavy atom. The van der Waals surface area contributed by atoms with E-state index >= 15 is 0 Å². The van der Waals surface area contributed by atoms with Gasteiger partial charge in [0.05, 0.1) is 0 Å². The smallest absolute Gasteiger partial charge is 0.256 e. The van der Waals surface area contributed by atoms with E-state index in [2.05, 4.69) is 39.4 Å². The Balaban J connectivity index is 2.12. The molecule has 4 rings (SSSR count). The number of benzene rings is 1. The number of hydrogen-bond acceptors (Lipinski definition) is 3. The second-order valence-electron chi connectivity index (χ2n) is 7.20. The first kappa shape index (κ1) is 18.4. The van der Waals surface area contributed by atoms with Crippen molar-refractivity contribution >= 4 is 27.0 Å². The van der Waals surface area contributed by atoms with E-state index < -0.39 is 0 Å². The number of fused-ring (bicyclic) bond motifs is 1. The van der Waals surface area contributed by atoms with Gasteiger partial charge in [-0.15, -0.1) is 0 Å². The summed E-state index contributed by atoms with van der Waals surface area (Å²) in [7, 11) is 0. The molecule has 1 aliphatic heterocycles. The topological polar surface area (TPSA) is 46.9 Å². The number of halogens is 1. The first-order chi connectivity index (χ1) is 13.1. The van der Waals surface area contributed by atoms with Crippen LogP contribution in [0.3, 0.4) is 0 Å². The molecule has 0 bridgehead atoms. The molecule has 140 valence electrons. The van der Waals surface area contributed by atoms with Gasteiger partial charge in [0, 0.05) is 33.2 Å². The zero-order valence-electron chi connectivity index (χ0n) is 15.8. The van der Waals surface area contributed by atoms with E-state index in [-0.39, 0.29) is 11.5 Å². The zero-order chi connectivity index (χ0) is 19.0. The number of rotatable bonds is 3. The molecule has 0 spiro atoms. The van der Waals surface area contributed by atoms with E-state index in [1.54, 1.807) is 0 Å². The monoisotopic (exact) mass is 425 g/mol. The maximum atomic E-state index is 13.6. The molecular formula is C22H24BrN3O. The molecule has 27 heavy (non-hydrogen) atoms. The maximum absolute atomic E-state index is 13.6. The van der Waals surface area contributed by atoms with E-state index in [0.29, 0.717) is 6.54 Å². The minimum absolute atomic E-state index is 0.116. The lowest BCUT2D eigenvalue weighted by atomic mass is 9.84. The van der Waals surface area contributed by atoms with E-state index in [1.165, 1.54) is 0 Å². The molecule has 1 saturated heterocycles. The quantitative estimate of drug-likeness (QED) is 0.665. The minimum atomic E-state index is 0.116. The molecule has 0 unspecified atom stereocenters. The second-order valence-corrected chi connectivity index (χ2v) is 8.11. The Bertz CT molecular complexity index is 1050. The van der Waals surface area contributed by atoms with Gasteiger partial charge in [0.25, 0.3) is 5.56 Å². The molecule has 4 nitrogen and oxygen atoms in total. The number of piperidine rings is 1. The highest BCUT2D eigenvalue weighted by Gasteiger charge is 2.26. The van der Waals surface area contributed by atoms with Crippen LogP contribution in [-0.4, -0.2) is 22.6 Å². The summed E-state index contributed by atoms with van der Waals surface area (Å²) in [4.78, 5) is 18.3. The van der Waals surface area contributed by atoms with Gasteiger partial charge in [-0.1, -0.05) is 28.1 Å². The summed E-state index contributed by atoms with van der Waals surface area (Å²) in [5.74, 6) is 0.274. The Hall–Kier alpha value is -1.98. The first-order valence-electron chi connectivity index (χ1n) is 9.61. The summed E-state index contributed by atoms with van der Waals surface area (Å²) in [6.45, 7) is 6.54. The van der Waals surface area contributed by atoms with Gasteiger partial charge in [-0.2, -0.15) is 0 Å².